The topological polar surface area (TPSA) is 110 Å². The van der Waals surface area contributed by atoms with Crippen LogP contribution in [-0.4, -0.2) is 54.9 Å². The molecule has 42 heavy (non-hydrogen) atoms. The molecule has 0 aliphatic carbocycles. The Morgan fingerprint density at radius 3 is 2.43 bits per heavy atom. The Labute approximate surface area is 250 Å². The summed E-state index contributed by atoms with van der Waals surface area (Å²) in [5.74, 6) is -0.588. The van der Waals surface area contributed by atoms with Crippen molar-refractivity contribution in [2.75, 3.05) is 31.8 Å². The van der Waals surface area contributed by atoms with Gasteiger partial charge in [-0.3, -0.25) is 14.4 Å². The maximum Gasteiger partial charge on any atom is 0.340 e. The Bertz CT molecular complexity index is 1620. The maximum absolute atomic E-state index is 13.5. The van der Waals surface area contributed by atoms with Gasteiger partial charge < -0.3 is 19.7 Å². The molecule has 2 amide bonds. The molecule has 12 heteroatoms. The highest BCUT2D eigenvalue weighted by Crippen LogP contribution is 2.50. The molecule has 0 spiro atoms. The minimum Gasteiger partial charge on any atom is -0.497 e. The lowest BCUT2D eigenvalue weighted by Gasteiger charge is -2.35. The first-order chi connectivity index (χ1) is 20.4. The zero-order valence-corrected chi connectivity index (χ0v) is 24.2. The number of aliphatic imine (C=N–C) groups is 1. The minimum absolute atomic E-state index is 0.0458. The standard InChI is InChI=1S/C30H25ClN4O6S/c1-3-40-29(38)24-25(17-8-11-19(39-2)12-9-17)34-22-13-10-18(31)16-23(22)42-30(34)33-26(24)32-14-15-41-35-27(36)20-6-4-5-7-21(20)28(35)37/h4-13,16,25,32H,3,14-15H2,1-2H3. The minimum atomic E-state index is -0.586. The van der Waals surface area contributed by atoms with Crippen molar-refractivity contribution in [2.24, 2.45) is 4.99 Å². The number of nitrogens with zero attached hydrogens (tertiary/aromatic N) is 3. The predicted molar refractivity (Wildman–Crippen MR) is 158 cm³/mol. The highest BCUT2D eigenvalue weighted by molar-refractivity contribution is 8.14. The summed E-state index contributed by atoms with van der Waals surface area (Å²) in [6.07, 6.45) is 0. The van der Waals surface area contributed by atoms with Crippen LogP contribution in [0.1, 0.15) is 39.2 Å². The van der Waals surface area contributed by atoms with Crippen molar-refractivity contribution < 1.29 is 28.7 Å². The second-order valence-electron chi connectivity index (χ2n) is 9.35. The number of esters is 1. The van der Waals surface area contributed by atoms with E-state index < -0.39 is 23.8 Å². The molecule has 3 heterocycles. The number of carbonyl (C=O) groups is 3. The largest absolute Gasteiger partial charge is 0.497 e. The summed E-state index contributed by atoms with van der Waals surface area (Å²) in [7, 11) is 1.59. The van der Waals surface area contributed by atoms with E-state index in [1.165, 1.54) is 11.8 Å². The van der Waals surface area contributed by atoms with Gasteiger partial charge in [-0.1, -0.05) is 35.9 Å². The van der Waals surface area contributed by atoms with Crippen LogP contribution in [0.5, 0.6) is 5.75 Å². The summed E-state index contributed by atoms with van der Waals surface area (Å²) in [6.45, 7) is 2.01. The fourth-order valence-corrected chi connectivity index (χ4v) is 6.33. The quantitative estimate of drug-likeness (QED) is 0.206. The number of fused-ring (bicyclic) bond motifs is 4. The number of anilines is 1. The molecular formula is C30H25ClN4O6S. The van der Waals surface area contributed by atoms with Gasteiger partial charge in [-0.2, -0.15) is 0 Å². The van der Waals surface area contributed by atoms with Gasteiger partial charge in [0.15, 0.2) is 5.17 Å². The second kappa shape index (κ2) is 11.5. The Morgan fingerprint density at radius 2 is 1.76 bits per heavy atom. The summed E-state index contributed by atoms with van der Waals surface area (Å²) in [4.78, 5) is 52.1. The van der Waals surface area contributed by atoms with Crippen LogP contribution in [0.25, 0.3) is 0 Å². The molecule has 0 saturated carbocycles. The number of carbonyl (C=O) groups excluding carboxylic acids is 3. The Balaban J connectivity index is 1.31. The van der Waals surface area contributed by atoms with E-state index in [9.17, 15) is 14.4 Å². The number of imide groups is 1. The first-order valence-corrected chi connectivity index (χ1v) is 14.4. The molecule has 0 aromatic heterocycles. The van der Waals surface area contributed by atoms with Gasteiger partial charge in [-0.25, -0.2) is 9.79 Å². The van der Waals surface area contributed by atoms with Gasteiger partial charge in [-0.15, -0.1) is 5.06 Å². The molecule has 3 aliphatic heterocycles. The van der Waals surface area contributed by atoms with E-state index in [1.807, 2.05) is 41.3 Å². The highest BCUT2D eigenvalue weighted by Gasteiger charge is 2.43. The van der Waals surface area contributed by atoms with Gasteiger partial charge in [0.25, 0.3) is 11.8 Å². The van der Waals surface area contributed by atoms with E-state index in [4.69, 9.17) is 30.9 Å². The van der Waals surface area contributed by atoms with Gasteiger partial charge in [0.2, 0.25) is 0 Å². The van der Waals surface area contributed by atoms with Crippen LogP contribution < -0.4 is 15.0 Å². The second-order valence-corrected chi connectivity index (χ2v) is 10.8. The fourth-order valence-electron chi connectivity index (χ4n) is 5.00. The van der Waals surface area contributed by atoms with Crippen molar-refractivity contribution in [3.8, 4) is 5.75 Å². The zero-order valence-electron chi connectivity index (χ0n) is 22.6. The molecule has 1 unspecified atom stereocenters. The number of ether oxygens (including phenoxy) is 2. The van der Waals surface area contributed by atoms with Crippen molar-refractivity contribution in [3.63, 3.8) is 0 Å². The predicted octanol–water partition coefficient (Wildman–Crippen LogP) is 4.96. The van der Waals surface area contributed by atoms with Gasteiger partial charge in [-0.05, 0) is 66.7 Å². The lowest BCUT2D eigenvalue weighted by Crippen LogP contribution is -2.40. The molecule has 0 radical (unpaired) electrons. The number of amidine groups is 1. The van der Waals surface area contributed by atoms with Crippen LogP contribution in [0.4, 0.5) is 5.69 Å². The summed E-state index contributed by atoms with van der Waals surface area (Å²) >= 11 is 7.73. The number of halogens is 1. The molecule has 1 atom stereocenters. The lowest BCUT2D eigenvalue weighted by molar-refractivity contribution is -0.139. The molecule has 214 valence electrons. The lowest BCUT2D eigenvalue weighted by atomic mass is 9.95. The van der Waals surface area contributed by atoms with Crippen LogP contribution in [0, 0.1) is 0 Å². The van der Waals surface area contributed by atoms with Crippen molar-refractivity contribution in [1.82, 2.24) is 10.4 Å². The third-order valence-electron chi connectivity index (χ3n) is 6.88. The average Bonchev–Trinajstić information content (AvgIpc) is 3.48. The third kappa shape index (κ3) is 4.89. The number of hydroxylamine groups is 2. The van der Waals surface area contributed by atoms with E-state index >= 15 is 0 Å². The molecule has 0 bridgehead atoms. The van der Waals surface area contributed by atoms with Crippen molar-refractivity contribution >= 4 is 52.0 Å². The Morgan fingerprint density at radius 1 is 1.05 bits per heavy atom. The molecule has 0 saturated heterocycles. The number of nitrogens with one attached hydrogen (secondary N) is 1. The van der Waals surface area contributed by atoms with E-state index in [-0.39, 0.29) is 19.8 Å². The Hall–Kier alpha value is -4.32. The molecule has 1 N–H and O–H groups in total. The summed E-state index contributed by atoms with van der Waals surface area (Å²) in [5, 5.41) is 5.18. The van der Waals surface area contributed by atoms with Gasteiger partial charge >= 0.3 is 5.97 Å². The van der Waals surface area contributed by atoms with Crippen LogP contribution in [-0.2, 0) is 14.4 Å². The summed E-state index contributed by atoms with van der Waals surface area (Å²) in [6, 6.07) is 19.0. The van der Waals surface area contributed by atoms with E-state index in [2.05, 4.69) is 5.32 Å². The number of hydrogen-bond acceptors (Lipinski definition) is 10. The van der Waals surface area contributed by atoms with Crippen molar-refractivity contribution in [1.29, 1.82) is 0 Å². The monoisotopic (exact) mass is 604 g/mol. The molecule has 3 aliphatic rings. The molecule has 10 nitrogen and oxygen atoms in total. The molecule has 3 aromatic rings. The van der Waals surface area contributed by atoms with E-state index in [0.717, 1.165) is 21.2 Å². The molecule has 6 rings (SSSR count). The maximum atomic E-state index is 13.5. The summed E-state index contributed by atoms with van der Waals surface area (Å²) in [5.41, 5.74) is 2.56. The summed E-state index contributed by atoms with van der Waals surface area (Å²) < 4.78 is 10.9. The van der Waals surface area contributed by atoms with Crippen LogP contribution in [0.15, 0.2) is 88.0 Å². The molecular weight excluding hydrogens is 580 g/mol. The SMILES string of the molecule is CCOC(=O)C1=C(NCCON2C(=O)c3ccccc3C2=O)N=C2Sc3cc(Cl)ccc3N2C1c1ccc(OC)cc1. The van der Waals surface area contributed by atoms with Crippen molar-refractivity contribution in [2.45, 2.75) is 17.9 Å². The van der Waals surface area contributed by atoms with Crippen LogP contribution >= 0.6 is 23.4 Å². The number of benzene rings is 3. The molecule has 0 fully saturated rings. The average molecular weight is 605 g/mol. The smallest absolute Gasteiger partial charge is 0.340 e. The first-order valence-electron chi connectivity index (χ1n) is 13.2. The molecule has 3 aromatic carbocycles. The van der Waals surface area contributed by atoms with Gasteiger partial charge in [0, 0.05) is 16.5 Å². The normalized spacial score (nSPS) is 17.1. The van der Waals surface area contributed by atoms with E-state index in [0.29, 0.717) is 38.5 Å². The third-order valence-corrected chi connectivity index (χ3v) is 8.13. The number of hydrogen-bond donors (Lipinski definition) is 1. The van der Waals surface area contributed by atoms with Crippen LogP contribution in [0.2, 0.25) is 5.02 Å². The zero-order chi connectivity index (χ0) is 29.4. The highest BCUT2D eigenvalue weighted by atomic mass is 35.5. The fraction of sp³-hybridized carbons (Fsp3) is 0.200. The number of thioether (sulfide) groups is 1. The first kappa shape index (κ1) is 27.8. The van der Waals surface area contributed by atoms with Crippen LogP contribution in [0.3, 0.4) is 0 Å². The van der Waals surface area contributed by atoms with Crippen molar-refractivity contribution in [3.05, 3.63) is 99.8 Å². The van der Waals surface area contributed by atoms with E-state index in [1.54, 1.807) is 44.4 Å². The van der Waals surface area contributed by atoms with Gasteiger partial charge in [0.1, 0.15) is 17.1 Å². The number of rotatable bonds is 9. The Kier molecular flexibility index (Phi) is 7.63. The van der Waals surface area contributed by atoms with Gasteiger partial charge in [0.05, 0.1) is 43.2 Å². The number of methoxy groups -OCH3 is 1. The number of amides is 2.